The molecule has 0 aliphatic heterocycles. The monoisotopic (exact) mass is 310 g/mol. The minimum absolute atomic E-state index is 0.0121. The van der Waals surface area contributed by atoms with E-state index in [-0.39, 0.29) is 5.91 Å². The van der Waals surface area contributed by atoms with Crippen molar-refractivity contribution in [3.63, 3.8) is 0 Å². The van der Waals surface area contributed by atoms with Crippen LogP contribution >= 0.6 is 15.9 Å². The summed E-state index contributed by atoms with van der Waals surface area (Å²) < 4.78 is 0. The fourth-order valence-electron chi connectivity index (χ4n) is 2.39. The Labute approximate surface area is 117 Å². The molecule has 0 bridgehead atoms. The van der Waals surface area contributed by atoms with Gasteiger partial charge in [0, 0.05) is 16.6 Å². The van der Waals surface area contributed by atoms with E-state index in [9.17, 15) is 4.79 Å². The lowest BCUT2D eigenvalue weighted by molar-refractivity contribution is 0.0927. The molecule has 1 N–H and O–H groups in total. The number of nitrogens with one attached hydrogen (secondary N) is 1. The summed E-state index contributed by atoms with van der Waals surface area (Å²) in [5, 5.41) is 3.12. The first-order chi connectivity index (χ1) is 8.56. The molecular formula is C14H19BrN2O. The summed E-state index contributed by atoms with van der Waals surface area (Å²) in [5.74, 6) is 0.0121. The van der Waals surface area contributed by atoms with Crippen LogP contribution in [0, 0.1) is 13.8 Å². The van der Waals surface area contributed by atoms with Gasteiger partial charge in [-0.15, -0.1) is 0 Å². The second kappa shape index (κ2) is 5.83. The van der Waals surface area contributed by atoms with Crippen LogP contribution in [0.2, 0.25) is 0 Å². The van der Waals surface area contributed by atoms with Crippen LogP contribution < -0.4 is 5.32 Å². The quantitative estimate of drug-likeness (QED) is 0.853. The van der Waals surface area contributed by atoms with E-state index in [1.54, 1.807) is 0 Å². The molecule has 1 heterocycles. The second-order valence-corrected chi connectivity index (χ2v) is 6.30. The normalized spacial score (nSPS) is 23.7. The van der Waals surface area contributed by atoms with E-state index in [1.807, 2.05) is 26.0 Å². The highest BCUT2D eigenvalue weighted by atomic mass is 79.9. The molecule has 1 saturated carbocycles. The van der Waals surface area contributed by atoms with E-state index in [0.717, 1.165) is 37.1 Å². The Bertz CT molecular complexity index is 439. The average molecular weight is 311 g/mol. The first kappa shape index (κ1) is 13.5. The van der Waals surface area contributed by atoms with Crippen LogP contribution in [0.5, 0.6) is 0 Å². The number of alkyl halides is 1. The SMILES string of the molecule is Cc1ccc(C(=O)NC2CCC(Br)CC2)c(C)n1. The van der Waals surface area contributed by atoms with Gasteiger partial charge in [-0.1, -0.05) is 15.9 Å². The number of rotatable bonds is 2. The number of aryl methyl sites for hydroxylation is 2. The zero-order chi connectivity index (χ0) is 13.1. The van der Waals surface area contributed by atoms with Crippen molar-refractivity contribution < 1.29 is 4.79 Å². The first-order valence-electron chi connectivity index (χ1n) is 6.45. The number of aromatic nitrogens is 1. The fraction of sp³-hybridized carbons (Fsp3) is 0.571. The highest BCUT2D eigenvalue weighted by molar-refractivity contribution is 9.09. The van der Waals surface area contributed by atoms with E-state index >= 15 is 0 Å². The smallest absolute Gasteiger partial charge is 0.253 e. The predicted octanol–water partition coefficient (Wildman–Crippen LogP) is 3.13. The van der Waals surface area contributed by atoms with Gasteiger partial charge in [0.25, 0.3) is 5.91 Å². The summed E-state index contributed by atoms with van der Waals surface area (Å²) in [4.78, 5) is 17.1. The van der Waals surface area contributed by atoms with E-state index < -0.39 is 0 Å². The maximum atomic E-state index is 12.2. The van der Waals surface area contributed by atoms with Crippen molar-refractivity contribution in [2.75, 3.05) is 0 Å². The van der Waals surface area contributed by atoms with Gasteiger partial charge in [-0.05, 0) is 51.7 Å². The van der Waals surface area contributed by atoms with Crippen molar-refractivity contribution in [2.24, 2.45) is 0 Å². The van der Waals surface area contributed by atoms with Crippen molar-refractivity contribution in [1.29, 1.82) is 0 Å². The van der Waals surface area contributed by atoms with Gasteiger partial charge in [0.15, 0.2) is 0 Å². The maximum absolute atomic E-state index is 12.2. The number of pyridine rings is 1. The molecule has 2 rings (SSSR count). The lowest BCUT2D eigenvalue weighted by Gasteiger charge is -2.26. The van der Waals surface area contributed by atoms with Crippen LogP contribution in [0.15, 0.2) is 12.1 Å². The molecule has 0 aromatic carbocycles. The molecule has 98 valence electrons. The predicted molar refractivity (Wildman–Crippen MR) is 76.1 cm³/mol. The molecule has 0 saturated heterocycles. The van der Waals surface area contributed by atoms with Crippen molar-refractivity contribution in [3.8, 4) is 0 Å². The molecule has 1 fully saturated rings. The molecule has 0 unspecified atom stereocenters. The molecule has 1 aromatic rings. The van der Waals surface area contributed by atoms with Gasteiger partial charge in [-0.3, -0.25) is 9.78 Å². The Morgan fingerprint density at radius 3 is 2.56 bits per heavy atom. The molecule has 1 aromatic heterocycles. The van der Waals surface area contributed by atoms with Crippen LogP contribution in [0.1, 0.15) is 47.4 Å². The number of hydrogen-bond donors (Lipinski definition) is 1. The lowest BCUT2D eigenvalue weighted by atomic mass is 9.95. The average Bonchev–Trinajstić information content (AvgIpc) is 2.32. The minimum Gasteiger partial charge on any atom is -0.349 e. The fourth-order valence-corrected chi connectivity index (χ4v) is 2.92. The second-order valence-electron chi connectivity index (χ2n) is 5.01. The molecule has 4 heteroatoms. The molecule has 0 spiro atoms. The minimum atomic E-state index is 0.0121. The van der Waals surface area contributed by atoms with Gasteiger partial charge in [-0.25, -0.2) is 0 Å². The number of hydrogen-bond acceptors (Lipinski definition) is 2. The largest absolute Gasteiger partial charge is 0.349 e. The third-order valence-electron chi connectivity index (χ3n) is 3.46. The number of carbonyl (C=O) groups excluding carboxylic acids is 1. The van der Waals surface area contributed by atoms with Gasteiger partial charge < -0.3 is 5.32 Å². The van der Waals surface area contributed by atoms with E-state index in [4.69, 9.17) is 0 Å². The third kappa shape index (κ3) is 3.31. The van der Waals surface area contributed by atoms with E-state index in [2.05, 4.69) is 26.2 Å². The zero-order valence-corrected chi connectivity index (χ0v) is 12.5. The lowest BCUT2D eigenvalue weighted by Crippen LogP contribution is -2.38. The molecule has 18 heavy (non-hydrogen) atoms. The van der Waals surface area contributed by atoms with Crippen molar-refractivity contribution >= 4 is 21.8 Å². The van der Waals surface area contributed by atoms with Crippen LogP contribution in [0.3, 0.4) is 0 Å². The Balaban J connectivity index is 1.99. The zero-order valence-electron chi connectivity index (χ0n) is 10.9. The van der Waals surface area contributed by atoms with Crippen molar-refractivity contribution in [2.45, 2.75) is 50.4 Å². The highest BCUT2D eigenvalue weighted by Gasteiger charge is 2.21. The van der Waals surface area contributed by atoms with Gasteiger partial charge in [0.2, 0.25) is 0 Å². The molecular weight excluding hydrogens is 292 g/mol. The van der Waals surface area contributed by atoms with Crippen molar-refractivity contribution in [1.82, 2.24) is 10.3 Å². The number of amides is 1. The van der Waals surface area contributed by atoms with Gasteiger partial charge >= 0.3 is 0 Å². The summed E-state index contributed by atoms with van der Waals surface area (Å²) in [5.41, 5.74) is 2.45. The van der Waals surface area contributed by atoms with E-state index in [0.29, 0.717) is 16.4 Å². The van der Waals surface area contributed by atoms with Gasteiger partial charge in [0.1, 0.15) is 0 Å². The number of nitrogens with zero attached hydrogens (tertiary/aromatic N) is 1. The van der Waals surface area contributed by atoms with Gasteiger partial charge in [0.05, 0.1) is 11.3 Å². The molecule has 0 radical (unpaired) electrons. The van der Waals surface area contributed by atoms with Crippen LogP contribution in [-0.2, 0) is 0 Å². The van der Waals surface area contributed by atoms with Crippen molar-refractivity contribution in [3.05, 3.63) is 29.1 Å². The summed E-state index contributed by atoms with van der Waals surface area (Å²) in [6.07, 6.45) is 4.38. The van der Waals surface area contributed by atoms with Crippen LogP contribution in [-0.4, -0.2) is 21.8 Å². The maximum Gasteiger partial charge on any atom is 0.253 e. The van der Waals surface area contributed by atoms with E-state index in [1.165, 1.54) is 0 Å². The molecule has 1 aliphatic rings. The molecule has 1 aliphatic carbocycles. The summed E-state index contributed by atoms with van der Waals surface area (Å²) >= 11 is 3.62. The molecule has 3 nitrogen and oxygen atoms in total. The summed E-state index contributed by atoms with van der Waals surface area (Å²) in [6, 6.07) is 4.06. The topological polar surface area (TPSA) is 42.0 Å². The highest BCUT2D eigenvalue weighted by Crippen LogP contribution is 2.24. The summed E-state index contributed by atoms with van der Waals surface area (Å²) in [6.45, 7) is 3.82. The number of carbonyl (C=O) groups is 1. The molecule has 0 atom stereocenters. The Morgan fingerprint density at radius 1 is 1.28 bits per heavy atom. The third-order valence-corrected chi connectivity index (χ3v) is 4.38. The standard InChI is InChI=1S/C14H19BrN2O/c1-9-3-8-13(10(2)16-9)14(18)17-12-6-4-11(15)5-7-12/h3,8,11-12H,4-7H2,1-2H3,(H,17,18). The molecule has 1 amide bonds. The van der Waals surface area contributed by atoms with Gasteiger partial charge in [-0.2, -0.15) is 0 Å². The Hall–Kier alpha value is -0.900. The van der Waals surface area contributed by atoms with Crippen LogP contribution in [0.25, 0.3) is 0 Å². The number of halogens is 1. The summed E-state index contributed by atoms with van der Waals surface area (Å²) in [7, 11) is 0. The van der Waals surface area contributed by atoms with Crippen LogP contribution in [0.4, 0.5) is 0 Å². The first-order valence-corrected chi connectivity index (χ1v) is 7.37. The Kier molecular flexibility index (Phi) is 4.38. The Morgan fingerprint density at radius 2 is 1.94 bits per heavy atom.